The van der Waals surface area contributed by atoms with Crippen LogP contribution in [0.3, 0.4) is 0 Å². The Balaban J connectivity index is 1.57. The molecule has 3 aromatic heterocycles. The van der Waals surface area contributed by atoms with Crippen molar-refractivity contribution in [1.82, 2.24) is 19.8 Å². The van der Waals surface area contributed by atoms with Crippen LogP contribution >= 0.6 is 0 Å². The second-order valence-corrected chi connectivity index (χ2v) is 6.82. The zero-order valence-electron chi connectivity index (χ0n) is 15.4. The summed E-state index contributed by atoms with van der Waals surface area (Å²) in [6.07, 6.45) is 0. The third kappa shape index (κ3) is 3.53. The minimum atomic E-state index is -0.277. The SMILES string of the molecule is Cc1cc2nc(C(C)C)cc(NCc3cc(-c4ccc(F)cc4)no3)n2n1. The molecular weight excluding hydrogens is 345 g/mol. The first-order chi connectivity index (χ1) is 13.0. The van der Waals surface area contributed by atoms with Crippen LogP contribution in [0.5, 0.6) is 0 Å². The smallest absolute Gasteiger partial charge is 0.157 e. The average Bonchev–Trinajstić information content (AvgIpc) is 3.25. The van der Waals surface area contributed by atoms with Gasteiger partial charge in [-0.15, -0.1) is 0 Å². The van der Waals surface area contributed by atoms with E-state index >= 15 is 0 Å². The molecule has 6 nitrogen and oxygen atoms in total. The Morgan fingerprint density at radius 1 is 1.15 bits per heavy atom. The van der Waals surface area contributed by atoms with Crippen LogP contribution in [0.15, 0.2) is 47.0 Å². The van der Waals surface area contributed by atoms with Gasteiger partial charge in [0, 0.05) is 29.5 Å². The van der Waals surface area contributed by atoms with E-state index < -0.39 is 0 Å². The van der Waals surface area contributed by atoms with Crippen molar-refractivity contribution in [3.63, 3.8) is 0 Å². The van der Waals surface area contributed by atoms with E-state index in [0.29, 0.717) is 23.9 Å². The topological polar surface area (TPSA) is 68.2 Å². The maximum Gasteiger partial charge on any atom is 0.157 e. The van der Waals surface area contributed by atoms with E-state index in [0.717, 1.165) is 28.4 Å². The summed E-state index contributed by atoms with van der Waals surface area (Å²) in [5, 5.41) is 11.9. The zero-order valence-corrected chi connectivity index (χ0v) is 15.4. The van der Waals surface area contributed by atoms with Gasteiger partial charge in [0.15, 0.2) is 11.4 Å². The molecule has 0 saturated carbocycles. The van der Waals surface area contributed by atoms with E-state index in [1.165, 1.54) is 12.1 Å². The monoisotopic (exact) mass is 365 g/mol. The minimum Gasteiger partial charge on any atom is -0.363 e. The lowest BCUT2D eigenvalue weighted by molar-refractivity contribution is 0.390. The Morgan fingerprint density at radius 3 is 2.67 bits per heavy atom. The summed E-state index contributed by atoms with van der Waals surface area (Å²) in [6, 6.07) is 12.0. The maximum absolute atomic E-state index is 13.1. The molecule has 0 aliphatic carbocycles. The highest BCUT2D eigenvalue weighted by molar-refractivity contribution is 5.58. The van der Waals surface area contributed by atoms with Crippen LogP contribution in [-0.4, -0.2) is 19.8 Å². The number of fused-ring (bicyclic) bond motifs is 1. The van der Waals surface area contributed by atoms with Crippen molar-refractivity contribution in [2.45, 2.75) is 33.2 Å². The first kappa shape index (κ1) is 17.2. The predicted octanol–water partition coefficient (Wildman–Crippen LogP) is 4.57. The van der Waals surface area contributed by atoms with E-state index in [-0.39, 0.29) is 5.82 Å². The van der Waals surface area contributed by atoms with Crippen molar-refractivity contribution in [1.29, 1.82) is 0 Å². The number of hydrogen-bond donors (Lipinski definition) is 1. The Labute approximate surface area is 156 Å². The van der Waals surface area contributed by atoms with E-state index in [2.05, 4.69) is 34.4 Å². The molecule has 3 heterocycles. The van der Waals surface area contributed by atoms with Gasteiger partial charge in [0.2, 0.25) is 0 Å². The molecule has 27 heavy (non-hydrogen) atoms. The molecule has 4 aromatic rings. The Morgan fingerprint density at radius 2 is 1.93 bits per heavy atom. The molecule has 0 amide bonds. The number of nitrogens with one attached hydrogen (secondary N) is 1. The second-order valence-electron chi connectivity index (χ2n) is 6.82. The number of hydrogen-bond acceptors (Lipinski definition) is 5. The molecule has 0 aliphatic rings. The standard InChI is InChI=1S/C20H20FN5O/c1-12(2)17-10-19(26-20(23-17)8-13(3)24-26)22-11-16-9-18(25-27-16)14-4-6-15(21)7-5-14/h4-10,12,22H,11H2,1-3H3. The van der Waals surface area contributed by atoms with Crippen LogP contribution in [0.1, 0.15) is 36.9 Å². The van der Waals surface area contributed by atoms with E-state index in [9.17, 15) is 4.39 Å². The van der Waals surface area contributed by atoms with Crippen LogP contribution in [0, 0.1) is 12.7 Å². The fourth-order valence-electron chi connectivity index (χ4n) is 2.86. The third-order valence-electron chi connectivity index (χ3n) is 4.30. The largest absolute Gasteiger partial charge is 0.363 e. The molecule has 1 aromatic carbocycles. The van der Waals surface area contributed by atoms with Gasteiger partial charge in [-0.2, -0.15) is 9.61 Å². The normalized spacial score (nSPS) is 11.4. The van der Waals surface area contributed by atoms with E-state index in [1.54, 1.807) is 16.6 Å². The molecule has 0 saturated heterocycles. The summed E-state index contributed by atoms with van der Waals surface area (Å²) >= 11 is 0. The number of aryl methyl sites for hydroxylation is 1. The first-order valence-corrected chi connectivity index (χ1v) is 8.82. The average molecular weight is 365 g/mol. The highest BCUT2D eigenvalue weighted by atomic mass is 19.1. The van der Waals surface area contributed by atoms with Crippen molar-refractivity contribution in [2.24, 2.45) is 0 Å². The lowest BCUT2D eigenvalue weighted by Crippen LogP contribution is -2.07. The van der Waals surface area contributed by atoms with Gasteiger partial charge >= 0.3 is 0 Å². The van der Waals surface area contributed by atoms with Crippen LogP contribution in [-0.2, 0) is 6.54 Å². The van der Waals surface area contributed by atoms with Gasteiger partial charge in [0.1, 0.15) is 17.3 Å². The van der Waals surface area contributed by atoms with Crippen LogP contribution in [0.4, 0.5) is 10.2 Å². The second kappa shape index (κ2) is 6.83. The highest BCUT2D eigenvalue weighted by Crippen LogP contribution is 2.22. The lowest BCUT2D eigenvalue weighted by Gasteiger charge is -2.11. The molecule has 0 fully saturated rings. The minimum absolute atomic E-state index is 0.277. The van der Waals surface area contributed by atoms with Crippen molar-refractivity contribution < 1.29 is 8.91 Å². The molecule has 0 aliphatic heterocycles. The zero-order chi connectivity index (χ0) is 19.0. The molecule has 0 atom stereocenters. The Bertz CT molecular complexity index is 1080. The van der Waals surface area contributed by atoms with Gasteiger partial charge in [-0.3, -0.25) is 0 Å². The number of anilines is 1. The van der Waals surface area contributed by atoms with Crippen LogP contribution < -0.4 is 5.32 Å². The molecule has 7 heteroatoms. The number of aromatic nitrogens is 4. The number of rotatable bonds is 5. The molecule has 0 bridgehead atoms. The first-order valence-electron chi connectivity index (χ1n) is 8.82. The van der Waals surface area contributed by atoms with Gasteiger partial charge in [-0.1, -0.05) is 19.0 Å². The molecule has 4 rings (SSSR count). The van der Waals surface area contributed by atoms with Crippen molar-refractivity contribution in [2.75, 3.05) is 5.32 Å². The van der Waals surface area contributed by atoms with Gasteiger partial charge in [0.05, 0.1) is 12.2 Å². The van der Waals surface area contributed by atoms with Crippen LogP contribution in [0.2, 0.25) is 0 Å². The number of halogens is 1. The third-order valence-corrected chi connectivity index (χ3v) is 4.30. The van der Waals surface area contributed by atoms with E-state index in [4.69, 9.17) is 4.52 Å². The Kier molecular flexibility index (Phi) is 4.35. The fraction of sp³-hybridized carbons (Fsp3) is 0.250. The highest BCUT2D eigenvalue weighted by Gasteiger charge is 2.12. The molecule has 0 radical (unpaired) electrons. The maximum atomic E-state index is 13.1. The fourth-order valence-corrected chi connectivity index (χ4v) is 2.86. The summed E-state index contributed by atoms with van der Waals surface area (Å²) in [5.41, 5.74) is 4.19. The molecule has 0 unspecified atom stereocenters. The summed E-state index contributed by atoms with van der Waals surface area (Å²) in [4.78, 5) is 4.66. The lowest BCUT2D eigenvalue weighted by atomic mass is 10.1. The number of nitrogens with zero attached hydrogens (tertiary/aromatic N) is 4. The van der Waals surface area contributed by atoms with Gasteiger partial charge < -0.3 is 9.84 Å². The van der Waals surface area contributed by atoms with Crippen molar-refractivity contribution in [3.8, 4) is 11.3 Å². The quantitative estimate of drug-likeness (QED) is 0.561. The van der Waals surface area contributed by atoms with E-state index in [1.807, 2.05) is 25.1 Å². The molecule has 138 valence electrons. The number of benzene rings is 1. The Hall–Kier alpha value is -3.22. The summed E-state index contributed by atoms with van der Waals surface area (Å²) in [6.45, 7) is 6.61. The molecule has 1 N–H and O–H groups in total. The molecular formula is C20H20FN5O. The van der Waals surface area contributed by atoms with Gasteiger partial charge in [-0.25, -0.2) is 9.37 Å². The van der Waals surface area contributed by atoms with Crippen molar-refractivity contribution in [3.05, 3.63) is 65.4 Å². The summed E-state index contributed by atoms with van der Waals surface area (Å²) < 4.78 is 20.3. The van der Waals surface area contributed by atoms with Crippen molar-refractivity contribution >= 4 is 11.5 Å². The summed E-state index contributed by atoms with van der Waals surface area (Å²) in [7, 11) is 0. The van der Waals surface area contributed by atoms with Gasteiger partial charge in [-0.05, 0) is 37.1 Å². The van der Waals surface area contributed by atoms with Gasteiger partial charge in [0.25, 0.3) is 0 Å². The van der Waals surface area contributed by atoms with Crippen LogP contribution in [0.25, 0.3) is 16.9 Å². The predicted molar refractivity (Wildman–Crippen MR) is 101 cm³/mol. The summed E-state index contributed by atoms with van der Waals surface area (Å²) in [5.74, 6) is 1.55. The molecule has 0 spiro atoms.